The number of carbonyl (C=O) groups excluding carboxylic acids is 1. The molecule has 198 valence electrons. The smallest absolute Gasteiger partial charge is 0.418 e. The lowest BCUT2D eigenvalue weighted by molar-refractivity contribution is 0.0540. The molecule has 1 saturated heterocycles. The third kappa shape index (κ3) is 5.56. The van der Waals surface area contributed by atoms with Crippen molar-refractivity contribution < 1.29 is 13.9 Å². The van der Waals surface area contributed by atoms with Crippen molar-refractivity contribution in [2.45, 2.75) is 32.9 Å². The number of nitrogens with zero attached hydrogens (tertiary/aromatic N) is 5. The van der Waals surface area contributed by atoms with Crippen LogP contribution in [-0.2, 0) is 11.3 Å². The molecule has 8 heteroatoms. The summed E-state index contributed by atoms with van der Waals surface area (Å²) in [5, 5.41) is 4.70. The lowest BCUT2D eigenvalue weighted by Gasteiger charge is -2.32. The van der Waals surface area contributed by atoms with Crippen LogP contribution in [0.25, 0.3) is 28.2 Å². The highest BCUT2D eigenvalue weighted by Crippen LogP contribution is 2.31. The minimum Gasteiger partial charge on any atom is -0.443 e. The Morgan fingerprint density at radius 2 is 1.68 bits per heavy atom. The monoisotopic (exact) mass is 515 g/mol. The predicted molar refractivity (Wildman–Crippen MR) is 147 cm³/mol. The summed E-state index contributed by atoms with van der Waals surface area (Å²) in [5.41, 5.74) is 4.09. The quantitative estimate of drug-likeness (QED) is 0.342. The topological polar surface area (TPSA) is 55.5 Å². The summed E-state index contributed by atoms with van der Waals surface area (Å²) < 4.78 is 23.9. The van der Waals surface area contributed by atoms with Crippen LogP contribution in [0.5, 0.6) is 0 Å². The number of ether oxygens (including phenoxy) is 1. The molecule has 0 N–H and O–H groups in total. The van der Waals surface area contributed by atoms with Gasteiger partial charge in [0.15, 0.2) is 0 Å². The number of piperazine rings is 1. The van der Waals surface area contributed by atoms with Gasteiger partial charge in [0.05, 0.1) is 23.3 Å². The van der Waals surface area contributed by atoms with E-state index < -0.39 is 11.7 Å². The molecule has 1 aliphatic rings. The van der Waals surface area contributed by atoms with E-state index in [2.05, 4.69) is 16.8 Å². The zero-order chi connectivity index (χ0) is 26.9. The molecule has 7 nitrogen and oxygen atoms in total. The standard InChI is InChI=1S/C30H34FN5O2/c1-30(2,3)38-29(37)35-15-7-10-27(35)22-11-13-24(14-12-22)36-28(25-8-5-6-9-26(25)31)23(20-32-36)21-34-18-16-33(4)17-19-34/h5-15,20H,16-19,21H2,1-4H3. The fourth-order valence-electron chi connectivity index (χ4n) is 4.74. The van der Waals surface area contributed by atoms with Crippen molar-refractivity contribution >= 4 is 6.09 Å². The summed E-state index contributed by atoms with van der Waals surface area (Å²) in [7, 11) is 2.13. The molecule has 0 unspecified atom stereocenters. The Bertz CT molecular complexity index is 1410. The molecule has 3 heterocycles. The Hall–Kier alpha value is -3.75. The second-order valence-electron chi connectivity index (χ2n) is 10.8. The van der Waals surface area contributed by atoms with Gasteiger partial charge in [0.25, 0.3) is 0 Å². The maximum Gasteiger partial charge on any atom is 0.418 e. The molecular weight excluding hydrogens is 481 g/mol. The molecule has 0 radical (unpaired) electrons. The van der Waals surface area contributed by atoms with E-state index in [0.29, 0.717) is 12.1 Å². The molecule has 0 atom stereocenters. The number of rotatable bonds is 5. The number of hydrogen-bond acceptors (Lipinski definition) is 5. The first-order chi connectivity index (χ1) is 18.2. The van der Waals surface area contributed by atoms with E-state index in [-0.39, 0.29) is 5.82 Å². The first-order valence-corrected chi connectivity index (χ1v) is 12.9. The van der Waals surface area contributed by atoms with Gasteiger partial charge in [-0.05, 0) is 69.8 Å². The van der Waals surface area contributed by atoms with E-state index in [1.165, 1.54) is 10.6 Å². The van der Waals surface area contributed by atoms with Crippen LogP contribution in [0.15, 0.2) is 73.1 Å². The number of hydrogen-bond donors (Lipinski definition) is 0. The minimum absolute atomic E-state index is 0.277. The van der Waals surface area contributed by atoms with Crippen LogP contribution < -0.4 is 0 Å². The zero-order valence-corrected chi connectivity index (χ0v) is 22.4. The van der Waals surface area contributed by atoms with E-state index in [1.807, 2.05) is 69.4 Å². The molecule has 0 spiro atoms. The number of carbonyl (C=O) groups is 1. The van der Waals surface area contributed by atoms with E-state index in [4.69, 9.17) is 9.84 Å². The lowest BCUT2D eigenvalue weighted by atomic mass is 10.1. The summed E-state index contributed by atoms with van der Waals surface area (Å²) in [4.78, 5) is 17.4. The van der Waals surface area contributed by atoms with Gasteiger partial charge in [-0.15, -0.1) is 0 Å². The molecule has 0 amide bonds. The van der Waals surface area contributed by atoms with Gasteiger partial charge in [0, 0.05) is 50.0 Å². The number of benzene rings is 2. The highest BCUT2D eigenvalue weighted by Gasteiger charge is 2.22. The second kappa shape index (κ2) is 10.6. The minimum atomic E-state index is -0.590. The fourth-order valence-corrected chi connectivity index (χ4v) is 4.74. The van der Waals surface area contributed by atoms with Crippen LogP contribution in [0.4, 0.5) is 9.18 Å². The van der Waals surface area contributed by atoms with Crippen molar-refractivity contribution in [3.05, 3.63) is 84.4 Å². The average molecular weight is 516 g/mol. The molecule has 1 aliphatic heterocycles. The molecule has 5 rings (SSSR count). The van der Waals surface area contributed by atoms with Crippen molar-refractivity contribution in [1.82, 2.24) is 24.1 Å². The van der Waals surface area contributed by atoms with Crippen LogP contribution in [0.3, 0.4) is 0 Å². The van der Waals surface area contributed by atoms with Crippen LogP contribution in [0, 0.1) is 5.82 Å². The number of likely N-dealkylation sites (N-methyl/N-ethyl adjacent to an activating group) is 1. The van der Waals surface area contributed by atoms with Crippen molar-refractivity contribution in [3.63, 3.8) is 0 Å². The molecule has 38 heavy (non-hydrogen) atoms. The predicted octanol–water partition coefficient (Wildman–Crippen LogP) is 5.68. The third-order valence-corrected chi connectivity index (χ3v) is 6.71. The van der Waals surface area contributed by atoms with Gasteiger partial charge < -0.3 is 9.64 Å². The summed E-state index contributed by atoms with van der Waals surface area (Å²) in [6.45, 7) is 10.2. The first-order valence-electron chi connectivity index (χ1n) is 12.9. The Morgan fingerprint density at radius 3 is 2.37 bits per heavy atom. The van der Waals surface area contributed by atoms with E-state index in [9.17, 15) is 4.79 Å². The molecule has 1 fully saturated rings. The SMILES string of the molecule is CN1CCN(Cc2cnn(-c3ccc(-c4cccn4C(=O)OC(C)(C)C)cc3)c2-c2ccccc2F)CC1. The summed E-state index contributed by atoms with van der Waals surface area (Å²) in [6.07, 6.45) is 3.12. The third-order valence-electron chi connectivity index (χ3n) is 6.71. The zero-order valence-electron chi connectivity index (χ0n) is 22.4. The van der Waals surface area contributed by atoms with Crippen molar-refractivity contribution in [2.75, 3.05) is 33.2 Å². The Balaban J connectivity index is 1.48. The van der Waals surface area contributed by atoms with E-state index in [1.54, 1.807) is 23.0 Å². The van der Waals surface area contributed by atoms with Gasteiger partial charge >= 0.3 is 6.09 Å². The number of aromatic nitrogens is 3. The number of halogens is 1. The molecule has 0 saturated carbocycles. The van der Waals surface area contributed by atoms with Gasteiger partial charge in [0.2, 0.25) is 0 Å². The Morgan fingerprint density at radius 1 is 0.974 bits per heavy atom. The maximum atomic E-state index is 15.0. The van der Waals surface area contributed by atoms with E-state index >= 15 is 4.39 Å². The van der Waals surface area contributed by atoms with Crippen molar-refractivity contribution in [1.29, 1.82) is 0 Å². The largest absolute Gasteiger partial charge is 0.443 e. The molecule has 0 bridgehead atoms. The van der Waals surface area contributed by atoms with Gasteiger partial charge in [0.1, 0.15) is 11.4 Å². The normalized spacial score (nSPS) is 15.1. The average Bonchev–Trinajstić information content (AvgIpc) is 3.53. The highest BCUT2D eigenvalue weighted by atomic mass is 19.1. The summed E-state index contributed by atoms with van der Waals surface area (Å²) in [5.74, 6) is -0.277. The second-order valence-corrected chi connectivity index (χ2v) is 10.8. The molecule has 2 aromatic carbocycles. The first kappa shape index (κ1) is 25.9. The molecule has 0 aliphatic carbocycles. The highest BCUT2D eigenvalue weighted by molar-refractivity contribution is 5.79. The van der Waals surface area contributed by atoms with Crippen molar-refractivity contribution in [2.24, 2.45) is 0 Å². The maximum absolute atomic E-state index is 15.0. The van der Waals surface area contributed by atoms with Crippen LogP contribution in [0.1, 0.15) is 26.3 Å². The van der Waals surface area contributed by atoms with Crippen LogP contribution in [0.2, 0.25) is 0 Å². The molecule has 2 aromatic heterocycles. The van der Waals surface area contributed by atoms with Crippen LogP contribution in [-0.4, -0.2) is 69.1 Å². The van der Waals surface area contributed by atoms with Crippen molar-refractivity contribution in [3.8, 4) is 28.2 Å². The molecular formula is C30H34FN5O2. The fraction of sp³-hybridized carbons (Fsp3) is 0.333. The van der Waals surface area contributed by atoms with Gasteiger partial charge in [-0.1, -0.05) is 24.3 Å². The van der Waals surface area contributed by atoms with Gasteiger partial charge in [-0.25, -0.2) is 13.9 Å². The van der Waals surface area contributed by atoms with Gasteiger partial charge in [-0.3, -0.25) is 9.47 Å². The van der Waals surface area contributed by atoms with E-state index in [0.717, 1.165) is 54.4 Å². The summed E-state index contributed by atoms with van der Waals surface area (Å²) in [6, 6.07) is 18.3. The molecule has 4 aromatic rings. The lowest BCUT2D eigenvalue weighted by Crippen LogP contribution is -2.43. The Kier molecular flexibility index (Phi) is 7.19. The Labute approximate surface area is 223 Å². The summed E-state index contributed by atoms with van der Waals surface area (Å²) >= 11 is 0. The van der Waals surface area contributed by atoms with Gasteiger partial charge in [-0.2, -0.15) is 5.10 Å². The van der Waals surface area contributed by atoms with Crippen LogP contribution >= 0.6 is 0 Å².